The van der Waals surface area contributed by atoms with Gasteiger partial charge in [-0.2, -0.15) is 13.2 Å². The van der Waals surface area contributed by atoms with Crippen molar-refractivity contribution in [2.45, 2.75) is 12.7 Å². The highest BCUT2D eigenvalue weighted by Crippen LogP contribution is 2.38. The van der Waals surface area contributed by atoms with Crippen LogP contribution in [-0.2, 0) is 17.5 Å². The van der Waals surface area contributed by atoms with Gasteiger partial charge in [-0.1, -0.05) is 0 Å². The second-order valence-corrected chi connectivity index (χ2v) is 5.62. The fourth-order valence-corrected chi connectivity index (χ4v) is 2.38. The zero-order valence-electron chi connectivity index (χ0n) is 15.6. The Kier molecular flexibility index (Phi) is 6.97. The Hall–Kier alpha value is -3.10. The van der Waals surface area contributed by atoms with E-state index in [1.54, 1.807) is 12.1 Å². The van der Waals surface area contributed by atoms with Crippen LogP contribution in [0.1, 0.15) is 11.1 Å². The minimum Gasteiger partial charge on any atom is -0.493 e. The SMILES string of the molecule is COc1cc(CNC(=O)COc2ccc(C(F)(F)F)cc2)cc(OC)c1OC. The van der Waals surface area contributed by atoms with Gasteiger partial charge >= 0.3 is 6.18 Å². The van der Waals surface area contributed by atoms with Crippen molar-refractivity contribution in [1.29, 1.82) is 0 Å². The lowest BCUT2D eigenvalue weighted by molar-refractivity contribution is -0.137. The van der Waals surface area contributed by atoms with E-state index in [1.165, 1.54) is 21.3 Å². The summed E-state index contributed by atoms with van der Waals surface area (Å²) in [5, 5.41) is 2.65. The first kappa shape index (κ1) is 21.2. The molecule has 0 aliphatic heterocycles. The molecule has 2 aromatic rings. The molecule has 1 N–H and O–H groups in total. The molecule has 0 atom stereocenters. The number of alkyl halides is 3. The molecule has 0 heterocycles. The average molecular weight is 399 g/mol. The van der Waals surface area contributed by atoms with Crippen molar-refractivity contribution in [3.05, 3.63) is 47.5 Å². The molecular formula is C19H20F3NO5. The van der Waals surface area contributed by atoms with Crippen molar-refractivity contribution in [3.63, 3.8) is 0 Å². The van der Waals surface area contributed by atoms with E-state index >= 15 is 0 Å². The first-order valence-corrected chi connectivity index (χ1v) is 8.14. The molecule has 152 valence electrons. The largest absolute Gasteiger partial charge is 0.493 e. The number of halogens is 3. The number of carbonyl (C=O) groups is 1. The lowest BCUT2D eigenvalue weighted by Gasteiger charge is -2.14. The van der Waals surface area contributed by atoms with E-state index in [-0.39, 0.29) is 18.9 Å². The number of methoxy groups -OCH3 is 3. The first-order valence-electron chi connectivity index (χ1n) is 8.14. The third-order valence-corrected chi connectivity index (χ3v) is 3.77. The summed E-state index contributed by atoms with van der Waals surface area (Å²) in [5.74, 6) is 1.06. The summed E-state index contributed by atoms with van der Waals surface area (Å²) < 4.78 is 58.5. The van der Waals surface area contributed by atoms with E-state index in [4.69, 9.17) is 18.9 Å². The summed E-state index contributed by atoms with van der Waals surface area (Å²) in [4.78, 5) is 11.9. The van der Waals surface area contributed by atoms with E-state index in [0.29, 0.717) is 22.8 Å². The number of nitrogens with one attached hydrogen (secondary N) is 1. The van der Waals surface area contributed by atoms with Gasteiger partial charge in [0.05, 0.1) is 26.9 Å². The van der Waals surface area contributed by atoms with Crippen LogP contribution in [0.5, 0.6) is 23.0 Å². The van der Waals surface area contributed by atoms with Gasteiger partial charge in [0.2, 0.25) is 5.75 Å². The maximum atomic E-state index is 12.5. The fourth-order valence-electron chi connectivity index (χ4n) is 2.38. The zero-order chi connectivity index (χ0) is 20.7. The van der Waals surface area contributed by atoms with Crippen molar-refractivity contribution in [2.24, 2.45) is 0 Å². The lowest BCUT2D eigenvalue weighted by Crippen LogP contribution is -2.28. The van der Waals surface area contributed by atoms with Gasteiger partial charge in [0, 0.05) is 6.54 Å². The van der Waals surface area contributed by atoms with Crippen molar-refractivity contribution < 1.29 is 36.9 Å². The maximum Gasteiger partial charge on any atom is 0.416 e. The predicted octanol–water partition coefficient (Wildman–Crippen LogP) is 3.43. The highest BCUT2D eigenvalue weighted by atomic mass is 19.4. The maximum absolute atomic E-state index is 12.5. The Bertz CT molecular complexity index is 781. The highest BCUT2D eigenvalue weighted by Gasteiger charge is 2.30. The van der Waals surface area contributed by atoms with E-state index in [2.05, 4.69) is 5.32 Å². The smallest absolute Gasteiger partial charge is 0.416 e. The van der Waals surface area contributed by atoms with Gasteiger partial charge in [0.1, 0.15) is 5.75 Å². The normalized spacial score (nSPS) is 10.9. The summed E-state index contributed by atoms with van der Waals surface area (Å²) >= 11 is 0. The molecule has 0 saturated heterocycles. The molecule has 28 heavy (non-hydrogen) atoms. The minimum absolute atomic E-state index is 0.163. The molecule has 0 saturated carbocycles. The third-order valence-electron chi connectivity index (χ3n) is 3.77. The second-order valence-electron chi connectivity index (χ2n) is 5.62. The van der Waals surface area contributed by atoms with Crippen LogP contribution in [0.4, 0.5) is 13.2 Å². The van der Waals surface area contributed by atoms with E-state index < -0.39 is 17.6 Å². The molecule has 0 aliphatic rings. The molecule has 0 aromatic heterocycles. The summed E-state index contributed by atoms with van der Waals surface area (Å²) in [6.07, 6.45) is -4.42. The monoisotopic (exact) mass is 399 g/mol. The summed E-state index contributed by atoms with van der Waals surface area (Å²) in [7, 11) is 4.45. The van der Waals surface area contributed by atoms with Crippen molar-refractivity contribution in [2.75, 3.05) is 27.9 Å². The van der Waals surface area contributed by atoms with Crippen LogP contribution in [0.2, 0.25) is 0 Å². The molecule has 1 amide bonds. The average Bonchev–Trinajstić information content (AvgIpc) is 2.69. The van der Waals surface area contributed by atoms with E-state index in [1.807, 2.05) is 0 Å². The van der Waals surface area contributed by atoms with Gasteiger partial charge in [-0.3, -0.25) is 4.79 Å². The summed E-state index contributed by atoms with van der Waals surface area (Å²) in [6.45, 7) is -0.165. The van der Waals surface area contributed by atoms with Crippen LogP contribution in [0.15, 0.2) is 36.4 Å². The fraction of sp³-hybridized carbons (Fsp3) is 0.316. The molecule has 0 fully saturated rings. The Morgan fingerprint density at radius 3 is 2.00 bits per heavy atom. The van der Waals surface area contributed by atoms with Gasteiger partial charge in [0.25, 0.3) is 5.91 Å². The van der Waals surface area contributed by atoms with Crippen LogP contribution in [0, 0.1) is 0 Å². The molecule has 0 spiro atoms. The second kappa shape index (κ2) is 9.20. The van der Waals surface area contributed by atoms with Crippen LogP contribution in [0.3, 0.4) is 0 Å². The van der Waals surface area contributed by atoms with Crippen molar-refractivity contribution in [1.82, 2.24) is 5.32 Å². The molecule has 0 bridgehead atoms. The molecule has 0 aliphatic carbocycles. The lowest BCUT2D eigenvalue weighted by atomic mass is 10.1. The van der Waals surface area contributed by atoms with Gasteiger partial charge in [-0.15, -0.1) is 0 Å². The highest BCUT2D eigenvalue weighted by molar-refractivity contribution is 5.77. The molecule has 9 heteroatoms. The summed E-state index contributed by atoms with van der Waals surface area (Å²) in [6, 6.07) is 7.49. The Morgan fingerprint density at radius 1 is 0.964 bits per heavy atom. The molecule has 6 nitrogen and oxygen atoms in total. The standard InChI is InChI=1S/C19H20F3NO5/c1-25-15-8-12(9-16(26-2)18(15)27-3)10-23-17(24)11-28-14-6-4-13(5-7-14)19(20,21)22/h4-9H,10-11H2,1-3H3,(H,23,24). The van der Waals surface area contributed by atoms with Crippen LogP contribution in [-0.4, -0.2) is 33.8 Å². The van der Waals surface area contributed by atoms with E-state index in [0.717, 1.165) is 24.3 Å². The topological polar surface area (TPSA) is 66.0 Å². The predicted molar refractivity (Wildman–Crippen MR) is 94.9 cm³/mol. The number of ether oxygens (including phenoxy) is 4. The van der Waals surface area contributed by atoms with E-state index in [9.17, 15) is 18.0 Å². The van der Waals surface area contributed by atoms with Crippen LogP contribution < -0.4 is 24.3 Å². The zero-order valence-corrected chi connectivity index (χ0v) is 15.6. The molecule has 2 aromatic carbocycles. The van der Waals surface area contributed by atoms with Crippen LogP contribution in [0.25, 0.3) is 0 Å². The molecular weight excluding hydrogens is 379 g/mol. The number of rotatable bonds is 8. The van der Waals surface area contributed by atoms with Crippen LogP contribution >= 0.6 is 0 Å². The Labute approximate surface area is 160 Å². The number of benzene rings is 2. The quantitative estimate of drug-likeness (QED) is 0.737. The number of hydrogen-bond donors (Lipinski definition) is 1. The Balaban J connectivity index is 1.92. The molecule has 0 unspecified atom stereocenters. The first-order chi connectivity index (χ1) is 13.3. The minimum atomic E-state index is -4.42. The number of amides is 1. The molecule has 0 radical (unpaired) electrons. The number of carbonyl (C=O) groups excluding carboxylic acids is 1. The van der Waals surface area contributed by atoms with Crippen molar-refractivity contribution >= 4 is 5.91 Å². The summed E-state index contributed by atoms with van der Waals surface area (Å²) in [5.41, 5.74) is -0.0796. The molecule has 2 rings (SSSR count). The van der Waals surface area contributed by atoms with Gasteiger partial charge in [0.15, 0.2) is 18.1 Å². The third kappa shape index (κ3) is 5.45. The Morgan fingerprint density at radius 2 is 1.54 bits per heavy atom. The van der Waals surface area contributed by atoms with Gasteiger partial charge < -0.3 is 24.3 Å². The van der Waals surface area contributed by atoms with Crippen molar-refractivity contribution in [3.8, 4) is 23.0 Å². The van der Waals surface area contributed by atoms with Gasteiger partial charge in [-0.05, 0) is 42.0 Å². The number of hydrogen-bond acceptors (Lipinski definition) is 5. The van der Waals surface area contributed by atoms with Gasteiger partial charge in [-0.25, -0.2) is 0 Å².